The third kappa shape index (κ3) is 2.78. The van der Waals surface area contributed by atoms with Gasteiger partial charge >= 0.3 is 6.18 Å². The maximum atomic E-state index is 12.4. The Hall–Kier alpha value is -0.510. The first-order valence-electron chi connectivity index (χ1n) is 4.02. The molecule has 90 valence electrons. The van der Waals surface area contributed by atoms with Gasteiger partial charge in [0.15, 0.2) is 5.69 Å². The molecule has 0 amide bonds. The summed E-state index contributed by atoms with van der Waals surface area (Å²) < 4.78 is 62.0. The van der Waals surface area contributed by atoms with Crippen LogP contribution in [0.1, 0.15) is 23.2 Å². The summed E-state index contributed by atoms with van der Waals surface area (Å²) in [6.45, 7) is -0.136. The largest absolute Gasteiger partial charge is 0.433 e. The minimum Gasteiger partial charge on any atom is -0.326 e. The van der Waals surface area contributed by atoms with Gasteiger partial charge in [-0.25, -0.2) is 13.8 Å². The molecule has 0 atom stereocenters. The Labute approximate surface area is 101 Å². The highest BCUT2D eigenvalue weighted by Crippen LogP contribution is 2.36. The van der Waals surface area contributed by atoms with Crippen LogP contribution in [0, 0.1) is 3.70 Å². The van der Waals surface area contributed by atoms with Crippen LogP contribution in [0.25, 0.3) is 0 Å². The normalized spacial score (nSPS) is 12.2. The SMILES string of the molecule is NCc1cc(C(F)F)c(C(F)(F)F)nc1I. The molecule has 16 heavy (non-hydrogen) atoms. The van der Waals surface area contributed by atoms with E-state index in [-0.39, 0.29) is 15.8 Å². The van der Waals surface area contributed by atoms with Crippen LogP contribution in [0.2, 0.25) is 0 Å². The second-order valence-corrected chi connectivity index (χ2v) is 3.90. The van der Waals surface area contributed by atoms with Gasteiger partial charge in [0.1, 0.15) is 3.70 Å². The van der Waals surface area contributed by atoms with Gasteiger partial charge in [-0.3, -0.25) is 0 Å². The van der Waals surface area contributed by atoms with E-state index in [0.717, 1.165) is 6.07 Å². The van der Waals surface area contributed by atoms with E-state index in [1.807, 2.05) is 0 Å². The van der Waals surface area contributed by atoms with Crippen molar-refractivity contribution in [3.63, 3.8) is 0 Å². The van der Waals surface area contributed by atoms with Crippen molar-refractivity contribution in [1.29, 1.82) is 0 Å². The highest BCUT2D eigenvalue weighted by Gasteiger charge is 2.38. The third-order valence-corrected chi connectivity index (χ3v) is 2.74. The molecule has 0 aliphatic rings. The van der Waals surface area contributed by atoms with Gasteiger partial charge in [0, 0.05) is 12.1 Å². The van der Waals surface area contributed by atoms with Crippen LogP contribution in [-0.4, -0.2) is 4.98 Å². The Kier molecular flexibility index (Phi) is 4.05. The zero-order chi connectivity index (χ0) is 12.5. The second kappa shape index (κ2) is 4.78. The number of hydrogen-bond acceptors (Lipinski definition) is 2. The molecule has 1 heterocycles. The van der Waals surface area contributed by atoms with E-state index in [0.29, 0.717) is 0 Å². The molecule has 1 rings (SSSR count). The van der Waals surface area contributed by atoms with Gasteiger partial charge in [0.25, 0.3) is 6.43 Å². The van der Waals surface area contributed by atoms with E-state index < -0.39 is 23.9 Å². The van der Waals surface area contributed by atoms with Crippen molar-refractivity contribution in [3.05, 3.63) is 26.6 Å². The number of nitrogens with two attached hydrogens (primary N) is 1. The predicted molar refractivity (Wildman–Crippen MR) is 54.8 cm³/mol. The summed E-state index contributed by atoms with van der Waals surface area (Å²) in [6, 6.07) is 0.752. The fourth-order valence-corrected chi connectivity index (χ4v) is 1.70. The predicted octanol–water partition coefficient (Wildman–Crippen LogP) is 3.10. The third-order valence-electron chi connectivity index (χ3n) is 1.80. The lowest BCUT2D eigenvalue weighted by Crippen LogP contribution is -2.15. The van der Waals surface area contributed by atoms with E-state index in [1.165, 1.54) is 22.6 Å². The highest BCUT2D eigenvalue weighted by atomic mass is 127. The zero-order valence-electron chi connectivity index (χ0n) is 7.65. The number of nitrogens with zero attached hydrogens (tertiary/aromatic N) is 1. The van der Waals surface area contributed by atoms with Gasteiger partial charge in [0.05, 0.1) is 0 Å². The van der Waals surface area contributed by atoms with Crippen LogP contribution in [-0.2, 0) is 12.7 Å². The molecule has 1 aromatic rings. The van der Waals surface area contributed by atoms with Gasteiger partial charge in [-0.2, -0.15) is 13.2 Å². The Bertz CT molecular complexity index is 391. The van der Waals surface area contributed by atoms with Crippen LogP contribution >= 0.6 is 22.6 Å². The summed E-state index contributed by atoms with van der Waals surface area (Å²) in [7, 11) is 0. The van der Waals surface area contributed by atoms with Crippen LogP contribution in [0.15, 0.2) is 6.07 Å². The molecular formula is C8H6F5IN2. The summed E-state index contributed by atoms with van der Waals surface area (Å²) in [5.74, 6) is 0. The summed E-state index contributed by atoms with van der Waals surface area (Å²) in [4.78, 5) is 3.14. The van der Waals surface area contributed by atoms with Crippen LogP contribution in [0.5, 0.6) is 0 Å². The molecule has 0 radical (unpaired) electrons. The molecule has 0 aliphatic carbocycles. The zero-order valence-corrected chi connectivity index (χ0v) is 9.81. The molecule has 0 aliphatic heterocycles. The average Bonchev–Trinajstić information content (AvgIpc) is 2.15. The monoisotopic (exact) mass is 352 g/mol. The quantitative estimate of drug-likeness (QED) is 0.505. The first kappa shape index (κ1) is 13.6. The standard InChI is InChI=1S/C8H6F5IN2/c9-6(10)4-1-3(2-15)7(14)16-5(4)8(11,12)13/h1,6H,2,15H2. The lowest BCUT2D eigenvalue weighted by molar-refractivity contribution is -0.143. The molecule has 8 heteroatoms. The Morgan fingerprint density at radius 2 is 1.94 bits per heavy atom. The smallest absolute Gasteiger partial charge is 0.326 e. The number of rotatable bonds is 2. The van der Waals surface area contributed by atoms with Crippen molar-refractivity contribution in [2.45, 2.75) is 19.1 Å². The molecule has 0 bridgehead atoms. The lowest BCUT2D eigenvalue weighted by Gasteiger charge is -2.13. The Morgan fingerprint density at radius 1 is 1.38 bits per heavy atom. The van der Waals surface area contributed by atoms with Gasteiger partial charge in [-0.15, -0.1) is 0 Å². The average molecular weight is 352 g/mol. The van der Waals surface area contributed by atoms with E-state index in [4.69, 9.17) is 5.73 Å². The van der Waals surface area contributed by atoms with Crippen LogP contribution in [0.3, 0.4) is 0 Å². The van der Waals surface area contributed by atoms with Gasteiger partial charge in [-0.1, -0.05) is 0 Å². The summed E-state index contributed by atoms with van der Waals surface area (Å²) in [6.07, 6.45) is -8.12. The Balaban J connectivity index is 3.42. The van der Waals surface area contributed by atoms with Crippen molar-refractivity contribution < 1.29 is 22.0 Å². The van der Waals surface area contributed by atoms with Crippen molar-refractivity contribution in [3.8, 4) is 0 Å². The second-order valence-electron chi connectivity index (χ2n) is 2.88. The minimum absolute atomic E-state index is 0.0168. The number of alkyl halides is 5. The van der Waals surface area contributed by atoms with E-state index in [2.05, 4.69) is 4.98 Å². The molecular weight excluding hydrogens is 346 g/mol. The summed E-state index contributed by atoms with van der Waals surface area (Å²) >= 11 is 1.53. The van der Waals surface area contributed by atoms with Crippen molar-refractivity contribution >= 4 is 22.6 Å². The fraction of sp³-hybridized carbons (Fsp3) is 0.375. The molecule has 0 aromatic carbocycles. The fourth-order valence-electron chi connectivity index (χ4n) is 1.09. The number of pyridine rings is 1. The van der Waals surface area contributed by atoms with Gasteiger partial charge in [-0.05, 0) is 34.2 Å². The maximum Gasteiger partial charge on any atom is 0.433 e. The molecule has 0 spiro atoms. The lowest BCUT2D eigenvalue weighted by atomic mass is 10.1. The van der Waals surface area contributed by atoms with Crippen molar-refractivity contribution in [2.24, 2.45) is 5.73 Å². The van der Waals surface area contributed by atoms with Crippen molar-refractivity contribution in [2.75, 3.05) is 0 Å². The van der Waals surface area contributed by atoms with E-state index in [1.54, 1.807) is 0 Å². The molecule has 0 saturated carbocycles. The molecule has 2 nitrogen and oxygen atoms in total. The van der Waals surface area contributed by atoms with Gasteiger partial charge < -0.3 is 5.73 Å². The topological polar surface area (TPSA) is 38.9 Å². The molecule has 2 N–H and O–H groups in total. The molecule has 0 saturated heterocycles. The van der Waals surface area contributed by atoms with Crippen molar-refractivity contribution in [1.82, 2.24) is 4.98 Å². The molecule has 1 aromatic heterocycles. The molecule has 0 fully saturated rings. The van der Waals surface area contributed by atoms with Crippen LogP contribution in [0.4, 0.5) is 22.0 Å². The van der Waals surface area contributed by atoms with E-state index in [9.17, 15) is 22.0 Å². The number of aromatic nitrogens is 1. The van der Waals surface area contributed by atoms with Crippen LogP contribution < -0.4 is 5.73 Å². The first-order valence-corrected chi connectivity index (χ1v) is 5.10. The summed E-state index contributed by atoms with van der Waals surface area (Å²) in [5, 5.41) is 0. The highest BCUT2D eigenvalue weighted by molar-refractivity contribution is 14.1. The van der Waals surface area contributed by atoms with E-state index >= 15 is 0 Å². The first-order chi connectivity index (χ1) is 7.27. The van der Waals surface area contributed by atoms with Gasteiger partial charge in [0.2, 0.25) is 0 Å². The minimum atomic E-state index is -4.89. The number of halogens is 6. The summed E-state index contributed by atoms with van der Waals surface area (Å²) in [5.41, 5.74) is 2.70. The Morgan fingerprint density at radius 3 is 2.31 bits per heavy atom. The molecule has 0 unspecified atom stereocenters. The maximum absolute atomic E-state index is 12.4. The number of hydrogen-bond donors (Lipinski definition) is 1.